The van der Waals surface area contributed by atoms with Gasteiger partial charge in [0, 0.05) is 44.2 Å². The number of fused-ring (bicyclic) bond motifs is 1. The Morgan fingerprint density at radius 1 is 1.24 bits per heavy atom. The van der Waals surface area contributed by atoms with Crippen LogP contribution in [0.2, 0.25) is 0 Å². The number of nitrogens with zero attached hydrogens (tertiary/aromatic N) is 5. The van der Waals surface area contributed by atoms with Crippen molar-refractivity contribution in [2.45, 2.75) is 13.0 Å². The van der Waals surface area contributed by atoms with E-state index < -0.39 is 0 Å². The molecule has 1 saturated heterocycles. The first-order valence-electron chi connectivity index (χ1n) is 8.37. The van der Waals surface area contributed by atoms with Crippen molar-refractivity contribution in [2.75, 3.05) is 49.6 Å². The van der Waals surface area contributed by atoms with Crippen LogP contribution in [0.5, 0.6) is 0 Å². The SMILES string of the molecule is O=C(CN1CCc2ncnc(N3CCOCC3)c2C1)Nc1ccon1. The first-order valence-corrected chi connectivity index (χ1v) is 8.37. The van der Waals surface area contributed by atoms with E-state index in [9.17, 15) is 4.79 Å². The fourth-order valence-corrected chi connectivity index (χ4v) is 3.23. The number of anilines is 2. The molecule has 0 saturated carbocycles. The van der Waals surface area contributed by atoms with Gasteiger partial charge in [0.05, 0.1) is 25.5 Å². The summed E-state index contributed by atoms with van der Waals surface area (Å²) < 4.78 is 10.2. The summed E-state index contributed by atoms with van der Waals surface area (Å²) in [7, 11) is 0. The van der Waals surface area contributed by atoms with Gasteiger partial charge in [0.15, 0.2) is 5.82 Å². The van der Waals surface area contributed by atoms with Gasteiger partial charge in [-0.2, -0.15) is 0 Å². The number of morpholine rings is 1. The first kappa shape index (κ1) is 16.0. The van der Waals surface area contributed by atoms with Gasteiger partial charge in [0.1, 0.15) is 18.4 Å². The van der Waals surface area contributed by atoms with Crippen molar-refractivity contribution in [3.8, 4) is 0 Å². The summed E-state index contributed by atoms with van der Waals surface area (Å²) in [6.45, 7) is 4.83. The Bertz CT molecular complexity index is 729. The molecule has 0 spiro atoms. The van der Waals surface area contributed by atoms with E-state index in [0.717, 1.165) is 43.1 Å². The molecule has 0 bridgehead atoms. The second-order valence-electron chi connectivity index (χ2n) is 6.12. The van der Waals surface area contributed by atoms with Crippen LogP contribution in [-0.2, 0) is 22.5 Å². The Morgan fingerprint density at radius 2 is 2.12 bits per heavy atom. The maximum atomic E-state index is 12.2. The van der Waals surface area contributed by atoms with Gasteiger partial charge in [0.2, 0.25) is 5.91 Å². The summed E-state index contributed by atoms with van der Waals surface area (Å²) in [6, 6.07) is 1.62. The van der Waals surface area contributed by atoms with Gasteiger partial charge >= 0.3 is 0 Å². The largest absolute Gasteiger partial charge is 0.378 e. The molecule has 2 aliphatic heterocycles. The van der Waals surface area contributed by atoms with Gasteiger partial charge in [-0.25, -0.2) is 9.97 Å². The fourth-order valence-electron chi connectivity index (χ4n) is 3.23. The van der Waals surface area contributed by atoms with Crippen molar-refractivity contribution in [3.63, 3.8) is 0 Å². The average molecular weight is 344 g/mol. The topological polar surface area (TPSA) is 96.6 Å². The minimum Gasteiger partial charge on any atom is -0.378 e. The van der Waals surface area contributed by atoms with E-state index in [1.165, 1.54) is 6.26 Å². The quantitative estimate of drug-likeness (QED) is 0.846. The van der Waals surface area contributed by atoms with Crippen molar-refractivity contribution < 1.29 is 14.1 Å². The lowest BCUT2D eigenvalue weighted by molar-refractivity contribution is -0.117. The minimum absolute atomic E-state index is 0.109. The molecule has 9 nitrogen and oxygen atoms in total. The van der Waals surface area contributed by atoms with Gasteiger partial charge in [0.25, 0.3) is 0 Å². The van der Waals surface area contributed by atoms with E-state index in [1.807, 2.05) is 0 Å². The van der Waals surface area contributed by atoms with Crippen LogP contribution in [0.1, 0.15) is 11.3 Å². The molecule has 2 aromatic heterocycles. The lowest BCUT2D eigenvalue weighted by atomic mass is 10.1. The zero-order chi connectivity index (χ0) is 17.1. The highest BCUT2D eigenvalue weighted by Gasteiger charge is 2.25. The molecule has 0 aliphatic carbocycles. The van der Waals surface area contributed by atoms with Gasteiger partial charge in [-0.05, 0) is 0 Å². The van der Waals surface area contributed by atoms with Crippen LogP contribution in [0.3, 0.4) is 0 Å². The number of hydrogen-bond donors (Lipinski definition) is 1. The van der Waals surface area contributed by atoms with Crippen LogP contribution in [-0.4, -0.2) is 65.3 Å². The lowest BCUT2D eigenvalue weighted by Crippen LogP contribution is -2.41. The maximum Gasteiger partial charge on any atom is 0.239 e. The van der Waals surface area contributed by atoms with E-state index >= 15 is 0 Å². The average Bonchev–Trinajstić information content (AvgIpc) is 3.14. The monoisotopic (exact) mass is 344 g/mol. The third kappa shape index (κ3) is 3.62. The van der Waals surface area contributed by atoms with E-state index in [-0.39, 0.29) is 5.91 Å². The van der Waals surface area contributed by atoms with Crippen LogP contribution < -0.4 is 10.2 Å². The zero-order valence-corrected chi connectivity index (χ0v) is 13.8. The molecule has 4 heterocycles. The Hall–Kier alpha value is -2.52. The summed E-state index contributed by atoms with van der Waals surface area (Å²) in [5, 5.41) is 6.42. The Labute approximate surface area is 145 Å². The van der Waals surface area contributed by atoms with Crippen LogP contribution in [0.15, 0.2) is 23.2 Å². The van der Waals surface area contributed by atoms with E-state index in [0.29, 0.717) is 32.1 Å². The summed E-state index contributed by atoms with van der Waals surface area (Å²) >= 11 is 0. The fraction of sp³-hybridized carbons (Fsp3) is 0.500. The first-order chi connectivity index (χ1) is 12.3. The second-order valence-corrected chi connectivity index (χ2v) is 6.12. The summed E-state index contributed by atoms with van der Waals surface area (Å²) in [4.78, 5) is 25.5. The highest BCUT2D eigenvalue weighted by Crippen LogP contribution is 2.26. The summed E-state index contributed by atoms with van der Waals surface area (Å²) in [5.74, 6) is 1.29. The molecule has 1 amide bonds. The predicted molar refractivity (Wildman–Crippen MR) is 89.2 cm³/mol. The van der Waals surface area contributed by atoms with Gasteiger partial charge in [-0.15, -0.1) is 0 Å². The molecule has 2 aromatic rings. The molecular weight excluding hydrogens is 324 g/mol. The molecule has 2 aliphatic rings. The van der Waals surface area contributed by atoms with Gasteiger partial charge in [-0.1, -0.05) is 5.16 Å². The molecule has 132 valence electrons. The Morgan fingerprint density at radius 3 is 2.92 bits per heavy atom. The summed E-state index contributed by atoms with van der Waals surface area (Å²) in [6.07, 6.45) is 3.88. The number of carbonyl (C=O) groups is 1. The van der Waals surface area contributed by atoms with Gasteiger partial charge in [-0.3, -0.25) is 9.69 Å². The third-order valence-electron chi connectivity index (χ3n) is 4.44. The molecule has 0 aromatic carbocycles. The maximum absolute atomic E-state index is 12.2. The highest BCUT2D eigenvalue weighted by molar-refractivity contribution is 5.91. The standard InChI is InChI=1S/C16H20N6O3/c23-15(19-14-2-6-25-20-14)10-21-3-1-13-12(9-21)16(18-11-17-13)22-4-7-24-8-5-22/h2,6,11H,1,3-5,7-10H2,(H,19,20,23). The van der Waals surface area contributed by atoms with Crippen molar-refractivity contribution >= 4 is 17.5 Å². The molecular formula is C16H20N6O3. The normalized spacial score (nSPS) is 18.0. The Kier molecular flexibility index (Phi) is 4.57. The van der Waals surface area contributed by atoms with Crippen LogP contribution in [0, 0.1) is 0 Å². The molecule has 1 fully saturated rings. The van der Waals surface area contributed by atoms with Crippen molar-refractivity contribution in [3.05, 3.63) is 29.9 Å². The number of amides is 1. The molecule has 25 heavy (non-hydrogen) atoms. The number of rotatable bonds is 4. The molecule has 0 atom stereocenters. The number of carbonyl (C=O) groups excluding carboxylic acids is 1. The van der Waals surface area contributed by atoms with Crippen molar-refractivity contribution in [2.24, 2.45) is 0 Å². The highest BCUT2D eigenvalue weighted by atomic mass is 16.5. The Balaban J connectivity index is 1.45. The molecule has 4 rings (SSSR count). The smallest absolute Gasteiger partial charge is 0.239 e. The van der Waals surface area contributed by atoms with Crippen molar-refractivity contribution in [1.82, 2.24) is 20.0 Å². The molecule has 0 unspecified atom stereocenters. The third-order valence-corrected chi connectivity index (χ3v) is 4.44. The number of hydrogen-bond acceptors (Lipinski definition) is 8. The predicted octanol–water partition coefficient (Wildman–Crippen LogP) is 0.298. The van der Waals surface area contributed by atoms with E-state index in [4.69, 9.17) is 9.26 Å². The molecule has 0 radical (unpaired) electrons. The van der Waals surface area contributed by atoms with Crippen LogP contribution in [0.25, 0.3) is 0 Å². The lowest BCUT2D eigenvalue weighted by Gasteiger charge is -2.33. The number of aromatic nitrogens is 3. The zero-order valence-electron chi connectivity index (χ0n) is 13.8. The van der Waals surface area contributed by atoms with Crippen molar-refractivity contribution in [1.29, 1.82) is 0 Å². The van der Waals surface area contributed by atoms with Crippen LogP contribution in [0.4, 0.5) is 11.6 Å². The minimum atomic E-state index is -0.109. The van der Waals surface area contributed by atoms with E-state index in [1.54, 1.807) is 12.4 Å². The molecule has 9 heteroatoms. The second kappa shape index (κ2) is 7.16. The van der Waals surface area contributed by atoms with Crippen LogP contribution >= 0.6 is 0 Å². The summed E-state index contributed by atoms with van der Waals surface area (Å²) in [5.41, 5.74) is 2.19. The number of nitrogens with one attached hydrogen (secondary N) is 1. The number of ether oxygens (including phenoxy) is 1. The van der Waals surface area contributed by atoms with E-state index in [2.05, 4.69) is 30.2 Å². The van der Waals surface area contributed by atoms with Gasteiger partial charge < -0.3 is 19.5 Å². The molecule has 1 N–H and O–H groups in total.